The second-order valence-corrected chi connectivity index (χ2v) is 5.28. The topological polar surface area (TPSA) is 62.0 Å². The first-order valence-electron chi connectivity index (χ1n) is 6.81. The molecule has 1 aliphatic heterocycles. The molecule has 0 unspecified atom stereocenters. The van der Waals surface area contributed by atoms with Gasteiger partial charge in [-0.25, -0.2) is 0 Å². The predicted octanol–water partition coefficient (Wildman–Crippen LogP) is 3.33. The Bertz CT molecular complexity index is 797. The molecule has 3 rings (SSSR count). The van der Waals surface area contributed by atoms with E-state index < -0.39 is 0 Å². The van der Waals surface area contributed by atoms with Gasteiger partial charge in [-0.2, -0.15) is 0 Å². The van der Waals surface area contributed by atoms with Gasteiger partial charge >= 0.3 is 0 Å². The quantitative estimate of drug-likeness (QED) is 0.654. The molecule has 0 bridgehead atoms. The summed E-state index contributed by atoms with van der Waals surface area (Å²) >= 11 is 0. The van der Waals surface area contributed by atoms with Crippen molar-refractivity contribution >= 4 is 29.0 Å². The molecule has 21 heavy (non-hydrogen) atoms. The van der Waals surface area contributed by atoms with E-state index >= 15 is 0 Å². The Labute approximate surface area is 122 Å². The molecule has 106 valence electrons. The minimum atomic E-state index is -0.118. The third kappa shape index (κ3) is 2.09. The van der Waals surface area contributed by atoms with E-state index in [0.29, 0.717) is 11.3 Å². The molecule has 0 radical (unpaired) electrons. The monoisotopic (exact) mass is 280 g/mol. The van der Waals surface area contributed by atoms with E-state index in [-0.39, 0.29) is 11.7 Å². The molecule has 0 atom stereocenters. The van der Waals surface area contributed by atoms with Crippen LogP contribution in [-0.4, -0.2) is 16.7 Å². The highest BCUT2D eigenvalue weighted by atomic mass is 16.2. The number of amides is 1. The number of hydrogen-bond acceptors (Lipinski definition) is 2. The van der Waals surface area contributed by atoms with Crippen molar-refractivity contribution in [3.05, 3.63) is 52.3 Å². The number of anilines is 1. The summed E-state index contributed by atoms with van der Waals surface area (Å²) < 4.78 is 0. The fraction of sp³-hybridized carbons (Fsp3) is 0.176. The maximum atomic E-state index is 12.1. The third-order valence-electron chi connectivity index (χ3n) is 3.95. The number of fused-ring (bicyclic) bond motifs is 1. The van der Waals surface area contributed by atoms with Crippen molar-refractivity contribution in [3.63, 3.8) is 0 Å². The van der Waals surface area contributed by atoms with Gasteiger partial charge in [-0.05, 0) is 37.1 Å². The van der Waals surface area contributed by atoms with Gasteiger partial charge in [-0.1, -0.05) is 18.2 Å². The number of hydrogen-bond donors (Lipinski definition) is 2. The molecule has 4 heteroatoms. The minimum absolute atomic E-state index is 0.00322. The van der Waals surface area contributed by atoms with Gasteiger partial charge in [0, 0.05) is 23.9 Å². The highest BCUT2D eigenvalue weighted by Crippen LogP contribution is 2.33. The van der Waals surface area contributed by atoms with Crippen LogP contribution in [0.5, 0.6) is 0 Å². The number of carbonyl (C=O) groups excluding carboxylic acids is 2. The predicted molar refractivity (Wildman–Crippen MR) is 83.2 cm³/mol. The number of rotatable bonds is 2. The average molecular weight is 280 g/mol. The highest BCUT2D eigenvalue weighted by Gasteiger charge is 2.24. The lowest BCUT2D eigenvalue weighted by atomic mass is 10.0. The number of Topliss-reactive ketones (excluding diaryl/α,β-unsaturated/α-hetero) is 1. The van der Waals surface area contributed by atoms with Crippen LogP contribution in [0.15, 0.2) is 24.3 Å². The second kappa shape index (κ2) is 4.74. The number of H-pyrrole nitrogens is 1. The molecule has 0 saturated carbocycles. The molecule has 0 spiro atoms. The molecule has 1 aromatic carbocycles. The summed E-state index contributed by atoms with van der Waals surface area (Å²) in [6.45, 7) is 5.39. The van der Waals surface area contributed by atoms with E-state index in [9.17, 15) is 9.59 Å². The standard InChI is InChI=1S/C17H16N2O2/c1-9-10(2)16(11(3)20)18-15(9)8-13-12-6-4-5-7-14(12)19-17(13)21/h4-8,18H,1-3H3,(H,19,21). The number of para-hydroxylation sites is 1. The fourth-order valence-corrected chi connectivity index (χ4v) is 2.63. The zero-order valence-corrected chi connectivity index (χ0v) is 12.2. The van der Waals surface area contributed by atoms with Crippen molar-refractivity contribution < 1.29 is 9.59 Å². The maximum Gasteiger partial charge on any atom is 0.256 e. The van der Waals surface area contributed by atoms with Crippen molar-refractivity contribution in [2.24, 2.45) is 0 Å². The van der Waals surface area contributed by atoms with Crippen molar-refractivity contribution in [3.8, 4) is 0 Å². The van der Waals surface area contributed by atoms with Gasteiger partial charge in [-0.3, -0.25) is 9.59 Å². The Hall–Kier alpha value is -2.62. The van der Waals surface area contributed by atoms with Gasteiger partial charge < -0.3 is 10.3 Å². The molecule has 0 aliphatic carbocycles. The molecule has 0 fully saturated rings. The second-order valence-electron chi connectivity index (χ2n) is 5.28. The highest BCUT2D eigenvalue weighted by molar-refractivity contribution is 6.34. The third-order valence-corrected chi connectivity index (χ3v) is 3.95. The number of benzene rings is 1. The Morgan fingerprint density at radius 2 is 1.86 bits per heavy atom. The zero-order chi connectivity index (χ0) is 15.1. The summed E-state index contributed by atoms with van der Waals surface area (Å²) in [6, 6.07) is 7.58. The van der Waals surface area contributed by atoms with E-state index in [4.69, 9.17) is 0 Å². The van der Waals surface area contributed by atoms with Crippen LogP contribution in [0.4, 0.5) is 5.69 Å². The summed E-state index contributed by atoms with van der Waals surface area (Å²) in [4.78, 5) is 26.8. The van der Waals surface area contributed by atoms with Crippen molar-refractivity contribution in [1.29, 1.82) is 0 Å². The fourth-order valence-electron chi connectivity index (χ4n) is 2.63. The van der Waals surface area contributed by atoms with Crippen molar-refractivity contribution in [2.75, 3.05) is 5.32 Å². The Kier molecular flexibility index (Phi) is 3.01. The van der Waals surface area contributed by atoms with E-state index in [1.165, 1.54) is 6.92 Å². The van der Waals surface area contributed by atoms with Crippen LogP contribution in [0.1, 0.15) is 39.8 Å². The van der Waals surface area contributed by atoms with Crippen LogP contribution in [0, 0.1) is 13.8 Å². The molecule has 2 aromatic rings. The van der Waals surface area contributed by atoms with Crippen LogP contribution in [-0.2, 0) is 4.79 Å². The van der Waals surface area contributed by atoms with Gasteiger partial charge in [0.15, 0.2) is 5.78 Å². The van der Waals surface area contributed by atoms with Crippen molar-refractivity contribution in [2.45, 2.75) is 20.8 Å². The van der Waals surface area contributed by atoms with Crippen molar-refractivity contribution in [1.82, 2.24) is 4.98 Å². The Morgan fingerprint density at radius 1 is 1.14 bits per heavy atom. The molecule has 1 aromatic heterocycles. The van der Waals surface area contributed by atoms with E-state index in [1.54, 1.807) is 0 Å². The van der Waals surface area contributed by atoms with Gasteiger partial charge in [0.25, 0.3) is 5.91 Å². The van der Waals surface area contributed by atoms with Gasteiger partial charge in [0.2, 0.25) is 0 Å². The van der Waals surface area contributed by atoms with Crippen LogP contribution in [0.3, 0.4) is 0 Å². The molecular weight excluding hydrogens is 264 g/mol. The van der Waals surface area contributed by atoms with Crippen LogP contribution in [0.25, 0.3) is 11.6 Å². The zero-order valence-electron chi connectivity index (χ0n) is 12.2. The lowest BCUT2D eigenvalue weighted by Crippen LogP contribution is -2.03. The summed E-state index contributed by atoms with van der Waals surface area (Å²) in [5.41, 5.74) is 5.65. The first-order chi connectivity index (χ1) is 9.99. The number of ketones is 1. The molecule has 4 nitrogen and oxygen atoms in total. The average Bonchev–Trinajstić information content (AvgIpc) is 2.91. The molecular formula is C17H16N2O2. The first-order valence-corrected chi connectivity index (χ1v) is 6.81. The van der Waals surface area contributed by atoms with E-state index in [2.05, 4.69) is 10.3 Å². The Morgan fingerprint density at radius 3 is 2.52 bits per heavy atom. The van der Waals surface area contributed by atoms with E-state index in [0.717, 1.165) is 28.1 Å². The number of aromatic nitrogens is 1. The SMILES string of the molecule is CC(=O)c1[nH]c(C=C2C(=O)Nc3ccccc32)c(C)c1C. The molecule has 2 N–H and O–H groups in total. The van der Waals surface area contributed by atoms with Crippen LogP contribution < -0.4 is 5.32 Å². The lowest BCUT2D eigenvalue weighted by Gasteiger charge is -1.98. The largest absolute Gasteiger partial charge is 0.352 e. The summed E-state index contributed by atoms with van der Waals surface area (Å²) in [5.74, 6) is -0.122. The Balaban J connectivity index is 2.13. The maximum absolute atomic E-state index is 12.1. The van der Waals surface area contributed by atoms with Crippen LogP contribution >= 0.6 is 0 Å². The van der Waals surface area contributed by atoms with E-state index in [1.807, 2.05) is 44.2 Å². The lowest BCUT2D eigenvalue weighted by molar-refractivity contribution is -0.110. The van der Waals surface area contributed by atoms with Crippen LogP contribution in [0.2, 0.25) is 0 Å². The van der Waals surface area contributed by atoms with Gasteiger partial charge in [0.05, 0.1) is 11.3 Å². The summed E-state index contributed by atoms with van der Waals surface area (Å²) in [7, 11) is 0. The van der Waals surface area contributed by atoms with Gasteiger partial charge in [0.1, 0.15) is 0 Å². The summed E-state index contributed by atoms with van der Waals surface area (Å²) in [6.07, 6.45) is 1.82. The molecule has 1 amide bonds. The number of carbonyl (C=O) groups is 2. The summed E-state index contributed by atoms with van der Waals surface area (Å²) in [5, 5.41) is 2.84. The number of aromatic amines is 1. The van der Waals surface area contributed by atoms with Gasteiger partial charge in [-0.15, -0.1) is 0 Å². The first kappa shape index (κ1) is 13.4. The molecule has 1 aliphatic rings. The molecule has 0 saturated heterocycles. The normalized spacial score (nSPS) is 15.2. The smallest absolute Gasteiger partial charge is 0.256 e. The minimum Gasteiger partial charge on any atom is -0.352 e. The number of nitrogens with one attached hydrogen (secondary N) is 2. The molecule has 2 heterocycles.